The molecule has 3 aromatic carbocycles. The molecule has 0 aliphatic carbocycles. The Hall–Kier alpha value is -4.36. The average Bonchev–Trinajstić information content (AvgIpc) is 3.66. The standard InChI is InChI=1S/C33H36N6O5S/c1-44-22-26-7-2-4-8-29(26)24-10-12-28(13-11-24)45(42,43)35-17-15-27-18-23(14-16-34-27)20-38-21-32(36-37-38)39-30-9-5-3-6-25(30)19-31(39)33(40)41/h2-13,19,21,23,27,34-35H,14-18,20,22H2,1H3,(H,40,41). The van der Waals surface area contributed by atoms with Crippen LogP contribution < -0.4 is 10.0 Å². The zero-order valence-corrected chi connectivity index (χ0v) is 25.8. The van der Waals surface area contributed by atoms with E-state index in [0.717, 1.165) is 47.0 Å². The van der Waals surface area contributed by atoms with Crippen molar-refractivity contribution in [1.82, 2.24) is 29.6 Å². The van der Waals surface area contributed by atoms with Crippen LogP contribution in [0.5, 0.6) is 0 Å². The largest absolute Gasteiger partial charge is 0.477 e. The van der Waals surface area contributed by atoms with Crippen LogP contribution in [0.15, 0.2) is 90.0 Å². The number of nitrogens with one attached hydrogen (secondary N) is 2. The van der Waals surface area contributed by atoms with Gasteiger partial charge >= 0.3 is 5.97 Å². The quantitative estimate of drug-likeness (QED) is 0.184. The third-order valence-corrected chi connectivity index (χ3v) is 9.79. The Kier molecular flexibility index (Phi) is 9.08. The number of ether oxygens (including phenoxy) is 1. The van der Waals surface area contributed by atoms with Gasteiger partial charge in [0.1, 0.15) is 5.69 Å². The summed E-state index contributed by atoms with van der Waals surface area (Å²) in [5.41, 5.74) is 3.88. The molecule has 12 heteroatoms. The van der Waals surface area contributed by atoms with Gasteiger partial charge in [-0.05, 0) is 72.7 Å². The smallest absolute Gasteiger partial charge is 0.352 e. The van der Waals surface area contributed by atoms with Crippen molar-refractivity contribution >= 4 is 26.9 Å². The summed E-state index contributed by atoms with van der Waals surface area (Å²) in [6.07, 6.45) is 4.24. The van der Waals surface area contributed by atoms with E-state index in [1.165, 1.54) is 0 Å². The molecule has 1 fully saturated rings. The fraction of sp³-hybridized carbons (Fsp3) is 0.303. The van der Waals surface area contributed by atoms with Crippen LogP contribution in [0.2, 0.25) is 0 Å². The second-order valence-corrected chi connectivity index (χ2v) is 13.1. The molecule has 45 heavy (non-hydrogen) atoms. The zero-order valence-electron chi connectivity index (χ0n) is 25.0. The lowest BCUT2D eigenvalue weighted by Gasteiger charge is -2.30. The predicted molar refractivity (Wildman–Crippen MR) is 171 cm³/mol. The molecule has 2 unspecified atom stereocenters. The summed E-state index contributed by atoms with van der Waals surface area (Å²) in [5.74, 6) is -0.254. The van der Waals surface area contributed by atoms with E-state index in [2.05, 4.69) is 20.4 Å². The fourth-order valence-corrected chi connectivity index (χ4v) is 7.18. The molecular formula is C33H36N6O5S. The van der Waals surface area contributed by atoms with Crippen molar-refractivity contribution < 1.29 is 23.1 Å². The van der Waals surface area contributed by atoms with Gasteiger partial charge in [0.05, 0.1) is 23.2 Å². The maximum atomic E-state index is 13.0. The minimum Gasteiger partial charge on any atom is -0.477 e. The Bertz CT molecular complexity index is 1900. The number of carboxylic acid groups (broad SMARTS) is 1. The van der Waals surface area contributed by atoms with Gasteiger partial charge in [-0.2, -0.15) is 0 Å². The first kappa shape index (κ1) is 30.7. The lowest BCUT2D eigenvalue weighted by Crippen LogP contribution is -2.41. The topological polar surface area (TPSA) is 140 Å². The highest BCUT2D eigenvalue weighted by Crippen LogP contribution is 2.27. The Morgan fingerprint density at radius 1 is 1.09 bits per heavy atom. The molecule has 0 bridgehead atoms. The van der Waals surface area contributed by atoms with Crippen LogP contribution in [0.1, 0.15) is 35.3 Å². The number of aromatic carboxylic acids is 1. The molecule has 1 aliphatic rings. The molecular weight excluding hydrogens is 592 g/mol. The lowest BCUT2D eigenvalue weighted by molar-refractivity contribution is 0.0688. The molecule has 0 saturated carbocycles. The Morgan fingerprint density at radius 3 is 2.67 bits per heavy atom. The molecule has 2 atom stereocenters. The molecule has 11 nitrogen and oxygen atoms in total. The monoisotopic (exact) mass is 628 g/mol. The van der Waals surface area contributed by atoms with Gasteiger partial charge in [0.25, 0.3) is 0 Å². The van der Waals surface area contributed by atoms with E-state index in [4.69, 9.17) is 4.74 Å². The molecule has 3 N–H and O–H groups in total. The Morgan fingerprint density at radius 2 is 1.87 bits per heavy atom. The second-order valence-electron chi connectivity index (χ2n) is 11.4. The molecule has 0 spiro atoms. The molecule has 0 radical (unpaired) electrons. The summed E-state index contributed by atoms with van der Waals surface area (Å²) >= 11 is 0. The van der Waals surface area contributed by atoms with E-state index in [1.807, 2.05) is 60.7 Å². The molecule has 2 aromatic heterocycles. The van der Waals surface area contributed by atoms with Gasteiger partial charge in [-0.15, -0.1) is 5.10 Å². The summed E-state index contributed by atoms with van der Waals surface area (Å²) in [6.45, 7) is 2.25. The van der Waals surface area contributed by atoms with Crippen LogP contribution in [0.4, 0.5) is 0 Å². The number of fused-ring (bicyclic) bond motifs is 1. The highest BCUT2D eigenvalue weighted by Gasteiger charge is 2.24. The maximum absolute atomic E-state index is 13.0. The van der Waals surface area contributed by atoms with Crippen molar-refractivity contribution in [3.63, 3.8) is 0 Å². The number of piperidine rings is 1. The van der Waals surface area contributed by atoms with Crippen LogP contribution in [0, 0.1) is 5.92 Å². The van der Waals surface area contributed by atoms with E-state index in [-0.39, 0.29) is 16.6 Å². The number of nitrogens with zero attached hydrogens (tertiary/aromatic N) is 4. The number of hydrogen-bond donors (Lipinski definition) is 3. The van der Waals surface area contributed by atoms with Gasteiger partial charge in [0, 0.05) is 31.6 Å². The maximum Gasteiger partial charge on any atom is 0.352 e. The number of sulfonamides is 1. The Balaban J connectivity index is 1.04. The minimum atomic E-state index is -3.66. The number of benzene rings is 3. The minimum absolute atomic E-state index is 0.135. The molecule has 6 rings (SSSR count). The summed E-state index contributed by atoms with van der Waals surface area (Å²) in [6, 6.07) is 24.1. The van der Waals surface area contributed by atoms with E-state index < -0.39 is 16.0 Å². The molecule has 1 aliphatic heterocycles. The first-order valence-electron chi connectivity index (χ1n) is 15.0. The van der Waals surface area contributed by atoms with Gasteiger partial charge in [-0.1, -0.05) is 59.8 Å². The van der Waals surface area contributed by atoms with Crippen LogP contribution in [0.25, 0.3) is 27.8 Å². The second kappa shape index (κ2) is 13.3. The highest BCUT2D eigenvalue weighted by molar-refractivity contribution is 7.89. The van der Waals surface area contributed by atoms with Crippen molar-refractivity contribution in [2.75, 3.05) is 20.2 Å². The van der Waals surface area contributed by atoms with Crippen LogP contribution >= 0.6 is 0 Å². The first-order chi connectivity index (χ1) is 21.8. The first-order valence-corrected chi connectivity index (χ1v) is 16.5. The molecule has 0 amide bonds. The van der Waals surface area contributed by atoms with E-state index in [9.17, 15) is 18.3 Å². The molecule has 1 saturated heterocycles. The van der Waals surface area contributed by atoms with Gasteiger partial charge in [0.15, 0.2) is 5.82 Å². The van der Waals surface area contributed by atoms with Crippen LogP contribution in [-0.4, -0.2) is 65.3 Å². The number of carboxylic acids is 1. The third kappa shape index (κ3) is 6.84. The van der Waals surface area contributed by atoms with Crippen molar-refractivity contribution in [1.29, 1.82) is 0 Å². The zero-order chi connectivity index (χ0) is 31.4. The van der Waals surface area contributed by atoms with Crippen LogP contribution in [0.3, 0.4) is 0 Å². The van der Waals surface area contributed by atoms with Crippen molar-refractivity contribution in [2.24, 2.45) is 5.92 Å². The number of carbonyl (C=O) groups is 1. The van der Waals surface area contributed by atoms with Gasteiger partial charge < -0.3 is 15.2 Å². The summed E-state index contributed by atoms with van der Waals surface area (Å²) in [4.78, 5) is 12.2. The van der Waals surface area contributed by atoms with Crippen molar-refractivity contribution in [2.45, 2.75) is 43.4 Å². The summed E-state index contributed by atoms with van der Waals surface area (Å²) in [5, 5.41) is 22.7. The average molecular weight is 629 g/mol. The molecule has 234 valence electrons. The summed E-state index contributed by atoms with van der Waals surface area (Å²) < 4.78 is 37.5. The number of methoxy groups -OCH3 is 1. The van der Waals surface area contributed by atoms with Crippen LogP contribution in [-0.2, 0) is 27.9 Å². The molecule has 3 heterocycles. The van der Waals surface area contributed by atoms with Gasteiger partial charge in [0.2, 0.25) is 10.0 Å². The lowest BCUT2D eigenvalue weighted by atomic mass is 9.91. The SMILES string of the molecule is COCc1ccccc1-c1ccc(S(=O)(=O)NCCC2CC(Cn3cc(-n4c(C(=O)O)cc5ccccc54)nn3)CCN2)cc1. The fourth-order valence-electron chi connectivity index (χ4n) is 6.13. The van der Waals surface area contributed by atoms with E-state index in [1.54, 1.807) is 40.8 Å². The predicted octanol–water partition coefficient (Wildman–Crippen LogP) is 4.47. The van der Waals surface area contributed by atoms with Crippen molar-refractivity contribution in [3.8, 4) is 16.9 Å². The van der Waals surface area contributed by atoms with E-state index >= 15 is 0 Å². The normalized spacial score (nSPS) is 17.1. The molecule has 5 aromatic rings. The third-order valence-electron chi connectivity index (χ3n) is 8.31. The van der Waals surface area contributed by atoms with Gasteiger partial charge in [-0.3, -0.25) is 9.25 Å². The number of hydrogen-bond acceptors (Lipinski definition) is 7. The number of aromatic nitrogens is 4. The Labute approximate surface area is 261 Å². The van der Waals surface area contributed by atoms with E-state index in [0.29, 0.717) is 37.9 Å². The number of rotatable bonds is 12. The summed E-state index contributed by atoms with van der Waals surface area (Å²) in [7, 11) is -2.00. The van der Waals surface area contributed by atoms with Gasteiger partial charge in [-0.25, -0.2) is 17.9 Å². The number of para-hydroxylation sites is 1. The highest BCUT2D eigenvalue weighted by atomic mass is 32.2. The van der Waals surface area contributed by atoms with Crippen molar-refractivity contribution in [3.05, 3.63) is 96.3 Å².